The van der Waals surface area contributed by atoms with Crippen molar-refractivity contribution in [2.24, 2.45) is 40.4 Å². The summed E-state index contributed by atoms with van der Waals surface area (Å²) in [7, 11) is 0. The van der Waals surface area contributed by atoms with Gasteiger partial charge in [0.1, 0.15) is 67.1 Å². The van der Waals surface area contributed by atoms with Gasteiger partial charge < -0.3 is 83.9 Å². The molecule has 0 aromatic heterocycles. The number of hydrogen-bond acceptors (Lipinski definition) is 17. The molecule has 9 rings (SSSR count). The third-order valence-corrected chi connectivity index (χ3v) is 17.2. The Kier molecular flexibility index (Phi) is 12.6. The first-order chi connectivity index (χ1) is 29.0. The van der Waals surface area contributed by atoms with Crippen molar-refractivity contribution in [1.29, 1.82) is 0 Å². The van der Waals surface area contributed by atoms with E-state index in [4.69, 9.17) is 37.9 Å². The van der Waals surface area contributed by atoms with E-state index in [9.17, 15) is 46.0 Å². The van der Waals surface area contributed by atoms with Crippen molar-refractivity contribution >= 4 is 0 Å². The highest BCUT2D eigenvalue weighted by atomic mass is 16.8. The summed E-state index contributed by atoms with van der Waals surface area (Å²) in [4.78, 5) is 0. The summed E-state index contributed by atoms with van der Waals surface area (Å²) >= 11 is 0. The summed E-state index contributed by atoms with van der Waals surface area (Å²) < 4.78 is 49.6. The van der Waals surface area contributed by atoms with Crippen LogP contribution in [0.4, 0.5) is 0 Å². The molecule has 5 heterocycles. The lowest BCUT2D eigenvalue weighted by Gasteiger charge is -2.58. The number of aliphatic hydroxyl groups excluding tert-OH is 9. The molecule has 5 saturated heterocycles. The maximum atomic E-state index is 12.0. The second-order valence-electron chi connectivity index (χ2n) is 20.7. The summed E-state index contributed by atoms with van der Waals surface area (Å²) in [6.07, 6.45) is -10.9. The van der Waals surface area contributed by atoms with Crippen LogP contribution in [0.5, 0.6) is 0 Å². The molecule has 17 heteroatoms. The van der Waals surface area contributed by atoms with Gasteiger partial charge in [0.2, 0.25) is 0 Å². The highest BCUT2D eigenvalue weighted by Crippen LogP contribution is 2.69. The largest absolute Gasteiger partial charge is 0.394 e. The van der Waals surface area contributed by atoms with E-state index in [1.807, 2.05) is 0 Å². The molecule has 9 N–H and O–H groups in total. The minimum atomic E-state index is -1.81. The molecular formula is C44H70O17. The predicted molar refractivity (Wildman–Crippen MR) is 210 cm³/mol. The van der Waals surface area contributed by atoms with Gasteiger partial charge in [-0.25, -0.2) is 0 Å². The van der Waals surface area contributed by atoms with Gasteiger partial charge in [0, 0.05) is 12.8 Å². The Morgan fingerprint density at radius 2 is 1.36 bits per heavy atom. The summed E-state index contributed by atoms with van der Waals surface area (Å²) in [5.41, 5.74) is 1.52. The molecule has 61 heavy (non-hydrogen) atoms. The highest BCUT2D eigenvalue weighted by Gasteiger charge is 2.66. The van der Waals surface area contributed by atoms with E-state index in [-0.39, 0.29) is 23.0 Å². The van der Waals surface area contributed by atoms with Crippen molar-refractivity contribution in [3.05, 3.63) is 11.6 Å². The van der Waals surface area contributed by atoms with Gasteiger partial charge in [-0.15, -0.1) is 0 Å². The van der Waals surface area contributed by atoms with Gasteiger partial charge >= 0.3 is 0 Å². The summed E-state index contributed by atoms with van der Waals surface area (Å²) in [5.74, 6) is 2.33. The highest BCUT2D eigenvalue weighted by molar-refractivity contribution is 5.26. The molecule has 9 aliphatic rings. The van der Waals surface area contributed by atoms with Crippen LogP contribution in [-0.2, 0) is 37.9 Å². The van der Waals surface area contributed by atoms with E-state index < -0.39 is 111 Å². The molecule has 25 atom stereocenters. The van der Waals surface area contributed by atoms with E-state index in [0.717, 1.165) is 51.6 Å². The Balaban J connectivity index is 0.912. The maximum Gasteiger partial charge on any atom is 0.187 e. The van der Waals surface area contributed by atoms with Crippen LogP contribution in [0.3, 0.4) is 0 Å². The fraction of sp³-hybridized carbons (Fsp3) is 0.955. The first kappa shape index (κ1) is 45.2. The zero-order valence-corrected chi connectivity index (χ0v) is 35.8. The van der Waals surface area contributed by atoms with Crippen LogP contribution < -0.4 is 0 Å². The quantitative estimate of drug-likeness (QED) is 0.145. The minimum absolute atomic E-state index is 0.0273. The van der Waals surface area contributed by atoms with Gasteiger partial charge in [-0.1, -0.05) is 32.4 Å². The first-order valence-corrected chi connectivity index (χ1v) is 22.9. The standard InChI is InChI=1S/C44H70O17/c1-19-7-12-44(54-18-19)15-26-27(61-44)14-25-23-6-5-21-13-22(8-10-42(21,3)24(23)9-11-43(25,26)4)56-41-38(60-39-34(51)32(49)30(47)20(2)55-39)36(53)37(29(17-46)58-41)59-40-35(52)33(50)31(48)28(16-45)57-40/h5,19-20,22-41,45-53H,6-18H2,1-4H3/t19-,20?,22+,23-,24+,25+,26-,27-,28?,29?,30+,31-,32?,33?,34?,35?,36?,37-,38?,39+,40+,41-,42+,43+,44-/m1/s1. The first-order valence-electron chi connectivity index (χ1n) is 22.9. The minimum Gasteiger partial charge on any atom is -0.394 e. The molecule has 17 nitrogen and oxygen atoms in total. The van der Waals surface area contributed by atoms with Crippen LogP contribution in [0.25, 0.3) is 0 Å². The summed E-state index contributed by atoms with van der Waals surface area (Å²) in [6.45, 7) is 8.05. The van der Waals surface area contributed by atoms with Gasteiger partial charge in [0.25, 0.3) is 0 Å². The molecule has 5 aliphatic heterocycles. The van der Waals surface area contributed by atoms with Crippen LogP contribution in [-0.4, -0.2) is 176 Å². The van der Waals surface area contributed by atoms with Crippen LogP contribution >= 0.6 is 0 Å². The molecule has 9 unspecified atom stereocenters. The third kappa shape index (κ3) is 7.70. The summed E-state index contributed by atoms with van der Waals surface area (Å²) in [6, 6.07) is 0. The van der Waals surface area contributed by atoms with Crippen molar-refractivity contribution in [1.82, 2.24) is 0 Å². The van der Waals surface area contributed by atoms with E-state index >= 15 is 0 Å². The molecule has 3 saturated carbocycles. The average Bonchev–Trinajstić information content (AvgIpc) is 3.74. The lowest BCUT2D eigenvalue weighted by atomic mass is 9.47. The van der Waals surface area contributed by atoms with E-state index in [1.54, 1.807) is 0 Å². The van der Waals surface area contributed by atoms with Gasteiger partial charge in [-0.05, 0) is 98.7 Å². The Morgan fingerprint density at radius 1 is 0.672 bits per heavy atom. The number of aliphatic hydroxyl groups is 9. The second kappa shape index (κ2) is 17.0. The Morgan fingerprint density at radius 3 is 2.07 bits per heavy atom. The molecule has 0 aromatic rings. The van der Waals surface area contributed by atoms with Crippen molar-refractivity contribution in [2.45, 2.75) is 202 Å². The molecule has 4 aliphatic carbocycles. The van der Waals surface area contributed by atoms with Crippen molar-refractivity contribution in [2.75, 3.05) is 19.8 Å². The smallest absolute Gasteiger partial charge is 0.187 e. The molecule has 348 valence electrons. The summed E-state index contributed by atoms with van der Waals surface area (Å²) in [5, 5.41) is 95.6. The molecule has 0 bridgehead atoms. The van der Waals surface area contributed by atoms with Crippen molar-refractivity contribution in [3.8, 4) is 0 Å². The van der Waals surface area contributed by atoms with E-state index in [0.29, 0.717) is 42.4 Å². The van der Waals surface area contributed by atoms with Gasteiger partial charge in [-0.2, -0.15) is 0 Å². The second-order valence-corrected chi connectivity index (χ2v) is 20.7. The van der Waals surface area contributed by atoms with Gasteiger partial charge in [0.15, 0.2) is 24.7 Å². The zero-order chi connectivity index (χ0) is 43.3. The van der Waals surface area contributed by atoms with Gasteiger partial charge in [-0.3, -0.25) is 0 Å². The average molecular weight is 871 g/mol. The van der Waals surface area contributed by atoms with E-state index in [1.165, 1.54) is 18.9 Å². The Hall–Kier alpha value is -0.940. The van der Waals surface area contributed by atoms with Crippen molar-refractivity contribution in [3.63, 3.8) is 0 Å². The maximum absolute atomic E-state index is 12.0. The van der Waals surface area contributed by atoms with Gasteiger partial charge in [0.05, 0.1) is 38.1 Å². The monoisotopic (exact) mass is 870 g/mol. The van der Waals surface area contributed by atoms with Crippen LogP contribution in [0.2, 0.25) is 0 Å². The topological polar surface area (TPSA) is 256 Å². The molecule has 0 aromatic carbocycles. The predicted octanol–water partition coefficient (Wildman–Crippen LogP) is -0.0319. The number of hydrogen-bond donors (Lipinski definition) is 9. The number of rotatable bonds is 8. The number of fused-ring (bicyclic) bond motifs is 7. The molecule has 1 spiro atoms. The molecular weight excluding hydrogens is 800 g/mol. The van der Waals surface area contributed by atoms with Crippen LogP contribution in [0.1, 0.15) is 91.9 Å². The van der Waals surface area contributed by atoms with Crippen molar-refractivity contribution < 1.29 is 83.9 Å². The van der Waals surface area contributed by atoms with E-state index in [2.05, 4.69) is 26.8 Å². The number of ether oxygens (including phenoxy) is 8. The molecule has 0 radical (unpaired) electrons. The Labute approximate surface area is 357 Å². The van der Waals surface area contributed by atoms with Crippen LogP contribution in [0.15, 0.2) is 11.6 Å². The third-order valence-electron chi connectivity index (χ3n) is 17.2. The zero-order valence-electron chi connectivity index (χ0n) is 35.8. The molecule has 8 fully saturated rings. The lowest BCUT2D eigenvalue weighted by Crippen LogP contribution is -2.67. The fourth-order valence-electron chi connectivity index (χ4n) is 13.4. The van der Waals surface area contributed by atoms with Crippen LogP contribution in [0, 0.1) is 40.4 Å². The lowest BCUT2D eigenvalue weighted by molar-refractivity contribution is -0.389. The fourth-order valence-corrected chi connectivity index (χ4v) is 13.4. The Bertz CT molecular complexity index is 1580. The SMILES string of the molecule is CC1O[C@@H](OC2C(O)[C@H](O[C@@H]3OC(CO)[C@@H](O)C(O)C3O)C(CO)O[C@H]2O[C@H]2CC[C@@]3(C)C(=CC[C@H]4[C@@H]5C[C@H]6O[C@]7(CC[C@@H](C)CO7)C[C@H]6[C@@]5(C)CC[C@@H]43)C2)C(O)C(O)[C@H]1O. The number of allylic oxidation sites excluding steroid dienone is 1. The molecule has 0 amide bonds. The normalized spacial score (nSPS) is 57.2.